The molecule has 10 heteroatoms. The molecule has 1 N–H and O–H groups in total. The number of nitrogens with one attached hydrogen (secondary N) is 1. The van der Waals surface area contributed by atoms with Crippen molar-refractivity contribution in [3.05, 3.63) is 48.2 Å². The fraction of sp³-hybridized carbons (Fsp3) is 0.273. The Morgan fingerprint density at radius 1 is 1.16 bits per heavy atom. The first kappa shape index (κ1) is 20.1. The minimum absolute atomic E-state index is 0.0338. The van der Waals surface area contributed by atoms with E-state index in [2.05, 4.69) is 25.4 Å². The number of amides is 1. The van der Waals surface area contributed by atoms with Crippen molar-refractivity contribution in [3.8, 4) is 11.1 Å². The fourth-order valence-electron chi connectivity index (χ4n) is 3.72. The molecule has 0 saturated heterocycles. The van der Waals surface area contributed by atoms with E-state index in [9.17, 15) is 18.4 Å². The van der Waals surface area contributed by atoms with Crippen LogP contribution in [0.1, 0.15) is 35.8 Å². The quantitative estimate of drug-likeness (QED) is 0.477. The molecular weight excluding hydrogens is 418 g/mol. The Kier molecular flexibility index (Phi) is 4.47. The van der Waals surface area contributed by atoms with Gasteiger partial charge in [-0.3, -0.25) is 14.6 Å². The molecule has 0 spiro atoms. The Hall–Kier alpha value is -3.82. The number of ketones is 1. The molecule has 32 heavy (non-hydrogen) atoms. The number of rotatable bonds is 5. The van der Waals surface area contributed by atoms with Crippen LogP contribution in [0.25, 0.3) is 27.7 Å². The molecule has 4 aromatic rings. The van der Waals surface area contributed by atoms with Crippen LogP contribution in [0.15, 0.2) is 36.9 Å². The highest BCUT2D eigenvalue weighted by molar-refractivity contribution is 5.98. The second kappa shape index (κ2) is 7.11. The molecule has 1 atom stereocenters. The van der Waals surface area contributed by atoms with E-state index in [1.807, 2.05) is 13.0 Å². The maximum Gasteiger partial charge on any atom is 0.260 e. The van der Waals surface area contributed by atoms with Gasteiger partial charge >= 0.3 is 0 Å². The van der Waals surface area contributed by atoms with Gasteiger partial charge in [0.05, 0.1) is 5.52 Å². The molecule has 8 nitrogen and oxygen atoms in total. The van der Waals surface area contributed by atoms with E-state index in [1.54, 1.807) is 36.0 Å². The first-order chi connectivity index (χ1) is 15.3. The minimum atomic E-state index is -2.95. The monoisotopic (exact) mass is 436 g/mol. The number of anilines is 1. The van der Waals surface area contributed by atoms with E-state index in [0.717, 1.165) is 16.7 Å². The highest BCUT2D eigenvalue weighted by atomic mass is 19.3. The predicted octanol–water partition coefficient (Wildman–Crippen LogP) is 3.83. The highest BCUT2D eigenvalue weighted by Crippen LogP contribution is 2.49. The second-order valence-electron chi connectivity index (χ2n) is 7.85. The van der Waals surface area contributed by atoms with Crippen LogP contribution in [0.5, 0.6) is 0 Å². The van der Waals surface area contributed by atoms with Crippen LogP contribution < -0.4 is 5.32 Å². The summed E-state index contributed by atoms with van der Waals surface area (Å²) in [4.78, 5) is 36.9. The standard InChI is InChI=1S/C22H18F2N6O2/c1-3-18(31)16-4-11(2)14(9-25-16)13-5-12-8-26-19(29-21(32)15-7-22(15,23)24)6-17(12)30-20(13)27-10-28-30/h4-6,8-10,15H,3,7H2,1-2H3,(H,26,29,32)/t15-/m1/s1. The third-order valence-corrected chi connectivity index (χ3v) is 5.63. The fourth-order valence-corrected chi connectivity index (χ4v) is 3.72. The van der Waals surface area contributed by atoms with Gasteiger partial charge in [0.1, 0.15) is 23.8 Å². The summed E-state index contributed by atoms with van der Waals surface area (Å²) in [7, 11) is 0. The van der Waals surface area contributed by atoms with E-state index >= 15 is 0 Å². The first-order valence-corrected chi connectivity index (χ1v) is 10.1. The lowest BCUT2D eigenvalue weighted by Crippen LogP contribution is -2.18. The van der Waals surface area contributed by atoms with Gasteiger partial charge in [-0.2, -0.15) is 5.10 Å². The van der Waals surface area contributed by atoms with Crippen molar-refractivity contribution >= 4 is 34.1 Å². The van der Waals surface area contributed by atoms with Crippen molar-refractivity contribution in [2.75, 3.05) is 5.32 Å². The Bertz CT molecular complexity index is 1410. The SMILES string of the molecule is CCC(=O)c1cc(C)c(-c2cc3cnc(NC(=O)[C@H]4CC4(F)F)cc3n3ncnc23)cn1. The number of hydrogen-bond acceptors (Lipinski definition) is 6. The van der Waals surface area contributed by atoms with Crippen LogP contribution in [0.3, 0.4) is 0 Å². The lowest BCUT2D eigenvalue weighted by atomic mass is 10.0. The third-order valence-electron chi connectivity index (χ3n) is 5.63. The van der Waals surface area contributed by atoms with Gasteiger partial charge in [-0.15, -0.1) is 0 Å². The Balaban J connectivity index is 1.57. The topological polar surface area (TPSA) is 102 Å². The number of halogens is 2. The maximum atomic E-state index is 13.2. The molecule has 162 valence electrons. The Morgan fingerprint density at radius 3 is 2.62 bits per heavy atom. The van der Waals surface area contributed by atoms with E-state index in [1.165, 1.54) is 6.33 Å². The van der Waals surface area contributed by atoms with Gasteiger partial charge < -0.3 is 5.32 Å². The highest BCUT2D eigenvalue weighted by Gasteiger charge is 2.61. The number of carbonyl (C=O) groups excluding carboxylic acids is 2. The van der Waals surface area contributed by atoms with Crippen LogP contribution in [0.2, 0.25) is 0 Å². The summed E-state index contributed by atoms with van der Waals surface area (Å²) >= 11 is 0. The lowest BCUT2D eigenvalue weighted by Gasteiger charge is -2.11. The van der Waals surface area contributed by atoms with Crippen molar-refractivity contribution in [2.45, 2.75) is 32.6 Å². The number of aromatic nitrogens is 5. The molecule has 4 heterocycles. The average Bonchev–Trinajstić information content (AvgIpc) is 3.18. The zero-order valence-electron chi connectivity index (χ0n) is 17.3. The molecule has 0 aromatic carbocycles. The summed E-state index contributed by atoms with van der Waals surface area (Å²) in [6.45, 7) is 3.68. The van der Waals surface area contributed by atoms with Gasteiger partial charge in [0, 0.05) is 47.8 Å². The van der Waals surface area contributed by atoms with E-state index < -0.39 is 24.2 Å². The molecule has 4 aromatic heterocycles. The van der Waals surface area contributed by atoms with Crippen LogP contribution in [-0.4, -0.2) is 42.2 Å². The summed E-state index contributed by atoms with van der Waals surface area (Å²) in [6, 6.07) is 5.20. The zero-order chi connectivity index (χ0) is 22.6. The number of aryl methyl sites for hydroxylation is 1. The van der Waals surface area contributed by atoms with Gasteiger partial charge in [0.25, 0.3) is 5.92 Å². The number of pyridine rings is 3. The Labute approximate surface area is 180 Å². The molecule has 1 aliphatic carbocycles. The van der Waals surface area contributed by atoms with E-state index in [-0.39, 0.29) is 11.6 Å². The van der Waals surface area contributed by atoms with Crippen molar-refractivity contribution in [3.63, 3.8) is 0 Å². The third kappa shape index (κ3) is 3.28. The van der Waals surface area contributed by atoms with Crippen molar-refractivity contribution in [1.82, 2.24) is 24.6 Å². The smallest absolute Gasteiger partial charge is 0.260 e. The number of fused-ring (bicyclic) bond motifs is 3. The number of hydrogen-bond donors (Lipinski definition) is 1. The van der Waals surface area contributed by atoms with Gasteiger partial charge in [-0.1, -0.05) is 6.92 Å². The van der Waals surface area contributed by atoms with Crippen LogP contribution in [-0.2, 0) is 4.79 Å². The maximum absolute atomic E-state index is 13.2. The van der Waals surface area contributed by atoms with Crippen molar-refractivity contribution < 1.29 is 18.4 Å². The molecule has 0 unspecified atom stereocenters. The van der Waals surface area contributed by atoms with Crippen molar-refractivity contribution in [1.29, 1.82) is 0 Å². The molecule has 1 fully saturated rings. The molecular formula is C22H18F2N6O2. The number of carbonyl (C=O) groups is 2. The molecule has 1 aliphatic rings. The molecule has 5 rings (SSSR count). The van der Waals surface area contributed by atoms with Crippen LogP contribution in [0, 0.1) is 12.8 Å². The van der Waals surface area contributed by atoms with Gasteiger partial charge in [-0.05, 0) is 24.6 Å². The number of Topliss-reactive ketones (excluding diaryl/α,β-unsaturated/α-hetero) is 1. The van der Waals surface area contributed by atoms with Crippen molar-refractivity contribution in [2.24, 2.45) is 5.92 Å². The minimum Gasteiger partial charge on any atom is -0.310 e. The normalized spacial score (nSPS) is 16.9. The first-order valence-electron chi connectivity index (χ1n) is 10.1. The molecule has 1 saturated carbocycles. The summed E-state index contributed by atoms with van der Waals surface area (Å²) < 4.78 is 27.9. The summed E-state index contributed by atoms with van der Waals surface area (Å²) in [6.07, 6.45) is 4.52. The summed E-state index contributed by atoms with van der Waals surface area (Å²) in [5.41, 5.74) is 3.99. The van der Waals surface area contributed by atoms with Crippen LogP contribution in [0.4, 0.5) is 14.6 Å². The molecule has 0 aliphatic heterocycles. The van der Waals surface area contributed by atoms with E-state index in [0.29, 0.717) is 28.7 Å². The zero-order valence-corrected chi connectivity index (χ0v) is 17.3. The molecule has 0 bridgehead atoms. The predicted molar refractivity (Wildman–Crippen MR) is 113 cm³/mol. The average molecular weight is 436 g/mol. The number of nitrogens with zero attached hydrogens (tertiary/aromatic N) is 5. The molecule has 0 radical (unpaired) electrons. The summed E-state index contributed by atoms with van der Waals surface area (Å²) in [5, 5.41) is 7.44. The van der Waals surface area contributed by atoms with Gasteiger partial charge in [0.15, 0.2) is 11.4 Å². The van der Waals surface area contributed by atoms with Crippen LogP contribution >= 0.6 is 0 Å². The second-order valence-corrected chi connectivity index (χ2v) is 7.85. The van der Waals surface area contributed by atoms with Gasteiger partial charge in [-0.25, -0.2) is 23.3 Å². The Morgan fingerprint density at radius 2 is 1.94 bits per heavy atom. The summed E-state index contributed by atoms with van der Waals surface area (Å²) in [5.74, 6) is -4.88. The lowest BCUT2D eigenvalue weighted by molar-refractivity contribution is -0.119. The van der Waals surface area contributed by atoms with E-state index in [4.69, 9.17) is 0 Å². The van der Waals surface area contributed by atoms with Gasteiger partial charge in [0.2, 0.25) is 5.91 Å². The number of alkyl halides is 2. The largest absolute Gasteiger partial charge is 0.310 e. The molecule has 1 amide bonds.